The Balaban J connectivity index is 1.19. The number of fused-ring (bicyclic) bond motifs is 4. The lowest BCUT2D eigenvalue weighted by Crippen LogP contribution is -2.56. The summed E-state index contributed by atoms with van der Waals surface area (Å²) < 4.78 is 5.65. The van der Waals surface area contributed by atoms with Crippen LogP contribution in [0.1, 0.15) is 49.8 Å². The molecule has 0 spiro atoms. The van der Waals surface area contributed by atoms with Crippen molar-refractivity contribution in [3.8, 4) is 11.1 Å². The highest BCUT2D eigenvalue weighted by Gasteiger charge is 2.32. The summed E-state index contributed by atoms with van der Waals surface area (Å²) in [7, 11) is 0. The summed E-state index contributed by atoms with van der Waals surface area (Å²) in [5.41, 5.74) is 5.98. The van der Waals surface area contributed by atoms with Crippen LogP contribution in [0.25, 0.3) is 22.0 Å². The molecule has 0 bridgehead atoms. The summed E-state index contributed by atoms with van der Waals surface area (Å²) >= 11 is 0. The lowest BCUT2D eigenvalue weighted by Gasteiger charge is -2.26. The van der Waals surface area contributed by atoms with Gasteiger partial charge in [-0.05, 0) is 46.7 Å². The number of rotatable bonds is 12. The number of alkyl carbamates (subject to hydrolysis) is 1. The summed E-state index contributed by atoms with van der Waals surface area (Å²) in [6, 6.07) is 20.3. The Bertz CT molecular complexity index is 1670. The molecule has 0 saturated carbocycles. The lowest BCUT2D eigenvalue weighted by atomic mass is 9.98. The minimum absolute atomic E-state index is 0.0601. The van der Waals surface area contributed by atoms with Crippen molar-refractivity contribution in [2.75, 3.05) is 6.61 Å². The molecule has 45 heavy (non-hydrogen) atoms. The summed E-state index contributed by atoms with van der Waals surface area (Å²) in [5.74, 6) is -2.81. The van der Waals surface area contributed by atoms with E-state index in [1.54, 1.807) is 6.20 Å². The Morgan fingerprint density at radius 1 is 0.844 bits per heavy atom. The van der Waals surface area contributed by atoms with Crippen LogP contribution in [-0.4, -0.2) is 58.7 Å². The molecule has 1 aliphatic carbocycles. The molecule has 0 aliphatic heterocycles. The van der Waals surface area contributed by atoms with Gasteiger partial charge in [-0.25, -0.2) is 9.59 Å². The molecule has 0 saturated heterocycles. The molecule has 0 fully saturated rings. The average Bonchev–Trinajstić information content (AvgIpc) is 3.60. The third kappa shape index (κ3) is 6.85. The van der Waals surface area contributed by atoms with Crippen molar-refractivity contribution in [3.63, 3.8) is 0 Å². The third-order valence-corrected chi connectivity index (χ3v) is 8.58. The molecular formula is C35H38N4O6. The second-order valence-corrected chi connectivity index (χ2v) is 11.5. The largest absolute Gasteiger partial charge is 0.480 e. The molecule has 5 N–H and O–H groups in total. The fourth-order valence-corrected chi connectivity index (χ4v) is 5.85. The first-order chi connectivity index (χ1) is 21.7. The molecule has 3 amide bonds. The van der Waals surface area contributed by atoms with Crippen LogP contribution >= 0.6 is 0 Å². The van der Waals surface area contributed by atoms with E-state index >= 15 is 0 Å². The quantitative estimate of drug-likeness (QED) is 0.156. The van der Waals surface area contributed by atoms with E-state index in [4.69, 9.17) is 4.74 Å². The average molecular weight is 611 g/mol. The zero-order chi connectivity index (χ0) is 32.1. The summed E-state index contributed by atoms with van der Waals surface area (Å²) in [6.45, 7) is 5.28. The van der Waals surface area contributed by atoms with Crippen molar-refractivity contribution < 1.29 is 29.0 Å². The number of aromatic nitrogens is 1. The van der Waals surface area contributed by atoms with Gasteiger partial charge in [-0.1, -0.05) is 87.0 Å². The number of carboxylic acids is 1. The van der Waals surface area contributed by atoms with Crippen molar-refractivity contribution in [3.05, 3.63) is 95.7 Å². The number of amides is 3. The molecule has 234 valence electrons. The molecular weight excluding hydrogens is 572 g/mol. The summed E-state index contributed by atoms with van der Waals surface area (Å²) in [6.07, 6.45) is 1.63. The Labute approximate surface area is 261 Å². The van der Waals surface area contributed by atoms with Crippen molar-refractivity contribution >= 4 is 34.8 Å². The minimum Gasteiger partial charge on any atom is -0.480 e. The maximum absolute atomic E-state index is 13.3. The van der Waals surface area contributed by atoms with Crippen LogP contribution in [0, 0.1) is 5.92 Å². The second-order valence-electron chi connectivity index (χ2n) is 11.5. The highest BCUT2D eigenvalue weighted by molar-refractivity contribution is 5.93. The van der Waals surface area contributed by atoms with Gasteiger partial charge in [0.15, 0.2) is 0 Å². The maximum Gasteiger partial charge on any atom is 0.407 e. The fraction of sp³-hybridized carbons (Fsp3) is 0.314. The van der Waals surface area contributed by atoms with E-state index in [2.05, 4.69) is 33.1 Å². The molecule has 1 aromatic heterocycles. The van der Waals surface area contributed by atoms with Crippen LogP contribution in [0.4, 0.5) is 4.79 Å². The zero-order valence-electron chi connectivity index (χ0n) is 25.5. The van der Waals surface area contributed by atoms with Crippen LogP contribution in [-0.2, 0) is 25.5 Å². The van der Waals surface area contributed by atoms with E-state index in [-0.39, 0.29) is 24.9 Å². The smallest absolute Gasteiger partial charge is 0.407 e. The van der Waals surface area contributed by atoms with E-state index in [1.165, 1.54) is 6.92 Å². The van der Waals surface area contributed by atoms with E-state index in [9.17, 15) is 24.3 Å². The molecule has 10 nitrogen and oxygen atoms in total. The molecule has 0 radical (unpaired) electrons. The highest BCUT2D eigenvalue weighted by atomic mass is 16.5. The molecule has 4 aromatic rings. The van der Waals surface area contributed by atoms with Gasteiger partial charge in [-0.2, -0.15) is 0 Å². The van der Waals surface area contributed by atoms with Crippen molar-refractivity contribution in [2.24, 2.45) is 5.92 Å². The number of aromatic amines is 1. The van der Waals surface area contributed by atoms with Crippen LogP contribution in [0.15, 0.2) is 79.0 Å². The Kier molecular flexibility index (Phi) is 9.51. The normalized spacial score (nSPS) is 14.8. The number of nitrogens with one attached hydrogen (secondary N) is 4. The second kappa shape index (κ2) is 13.7. The van der Waals surface area contributed by atoms with Gasteiger partial charge in [0.05, 0.1) is 0 Å². The topological polar surface area (TPSA) is 150 Å². The molecule has 3 aromatic carbocycles. The van der Waals surface area contributed by atoms with E-state index in [0.29, 0.717) is 6.42 Å². The SMILES string of the molecule is CC[C@H](C)[C@H](NC(=O)OCC1c2ccccc2-c2ccccc21)C(=O)N[C@@H](C)C(=O)N[C@@H](Cc1c[nH]c2ccccc12)C(=O)O. The van der Waals surface area contributed by atoms with Gasteiger partial charge in [0.1, 0.15) is 24.7 Å². The first-order valence-corrected chi connectivity index (χ1v) is 15.2. The number of benzene rings is 3. The first kappa shape index (κ1) is 31.3. The Morgan fingerprint density at radius 3 is 2.11 bits per heavy atom. The Hall–Kier alpha value is -5.12. The van der Waals surface area contributed by atoms with Crippen LogP contribution in [0.3, 0.4) is 0 Å². The van der Waals surface area contributed by atoms with Gasteiger partial charge in [0.25, 0.3) is 0 Å². The molecule has 1 heterocycles. The van der Waals surface area contributed by atoms with Crippen LogP contribution in [0.5, 0.6) is 0 Å². The first-order valence-electron chi connectivity index (χ1n) is 15.2. The van der Waals surface area contributed by atoms with E-state index < -0.39 is 42.0 Å². The van der Waals surface area contributed by atoms with Gasteiger partial charge in [-0.3, -0.25) is 9.59 Å². The number of hydrogen-bond acceptors (Lipinski definition) is 5. The van der Waals surface area contributed by atoms with Crippen LogP contribution < -0.4 is 16.0 Å². The van der Waals surface area contributed by atoms with Gasteiger partial charge in [-0.15, -0.1) is 0 Å². The fourth-order valence-electron chi connectivity index (χ4n) is 5.85. The number of hydrogen-bond donors (Lipinski definition) is 5. The molecule has 4 atom stereocenters. The minimum atomic E-state index is -1.21. The highest BCUT2D eigenvalue weighted by Crippen LogP contribution is 2.44. The van der Waals surface area contributed by atoms with Crippen molar-refractivity contribution in [1.82, 2.24) is 20.9 Å². The van der Waals surface area contributed by atoms with Gasteiger partial charge < -0.3 is 30.8 Å². The zero-order valence-corrected chi connectivity index (χ0v) is 25.5. The predicted octanol–water partition coefficient (Wildman–Crippen LogP) is 4.74. The van der Waals surface area contributed by atoms with Gasteiger partial charge in [0.2, 0.25) is 11.8 Å². The Morgan fingerprint density at radius 2 is 1.47 bits per heavy atom. The number of aliphatic carboxylic acids is 1. The number of carboxylic acid groups (broad SMARTS) is 1. The number of ether oxygens (including phenoxy) is 1. The summed E-state index contributed by atoms with van der Waals surface area (Å²) in [5, 5.41) is 18.5. The van der Waals surface area contributed by atoms with Gasteiger partial charge >= 0.3 is 12.1 Å². The number of para-hydroxylation sites is 1. The predicted molar refractivity (Wildman–Crippen MR) is 171 cm³/mol. The number of carbonyl (C=O) groups is 4. The summed E-state index contributed by atoms with van der Waals surface area (Å²) in [4.78, 5) is 54.4. The standard InChI is InChI=1S/C35H38N4O6/c1-4-20(2)31(39-35(44)45-19-28-26-14-7-5-12-24(26)25-13-6-8-15-27(25)28)33(41)37-21(3)32(40)38-30(34(42)43)17-22-18-36-29-16-10-9-11-23(22)29/h5-16,18,20-21,28,30-31,36H,4,17,19H2,1-3H3,(H,37,41)(H,38,40)(H,39,44)(H,42,43)/t20-,21-,30-,31-/m0/s1. The van der Waals surface area contributed by atoms with Crippen LogP contribution in [0.2, 0.25) is 0 Å². The van der Waals surface area contributed by atoms with Gasteiger partial charge in [0, 0.05) is 29.4 Å². The van der Waals surface area contributed by atoms with Crippen molar-refractivity contribution in [1.29, 1.82) is 0 Å². The van der Waals surface area contributed by atoms with E-state index in [0.717, 1.165) is 38.7 Å². The monoisotopic (exact) mass is 610 g/mol. The van der Waals surface area contributed by atoms with Crippen molar-refractivity contribution in [2.45, 2.75) is 57.7 Å². The van der Waals surface area contributed by atoms with E-state index in [1.807, 2.05) is 74.5 Å². The number of H-pyrrole nitrogens is 1. The lowest BCUT2D eigenvalue weighted by molar-refractivity contribution is -0.142. The molecule has 1 aliphatic rings. The third-order valence-electron chi connectivity index (χ3n) is 8.58. The molecule has 10 heteroatoms. The molecule has 5 rings (SSSR count). The number of carbonyl (C=O) groups excluding carboxylic acids is 3. The maximum atomic E-state index is 13.3. The molecule has 0 unspecified atom stereocenters.